The molecular formula is C11H18FN3. The van der Waals surface area contributed by atoms with Gasteiger partial charge in [-0.15, -0.1) is 0 Å². The smallest absolute Gasteiger partial charge is 0.186 e. The van der Waals surface area contributed by atoms with Crippen LogP contribution in [0.5, 0.6) is 0 Å². The number of hydrogen-bond donors (Lipinski definition) is 1. The van der Waals surface area contributed by atoms with Crippen LogP contribution >= 0.6 is 0 Å². The van der Waals surface area contributed by atoms with E-state index in [4.69, 9.17) is 0 Å². The molecule has 4 heteroatoms. The lowest BCUT2D eigenvalue weighted by Gasteiger charge is -2.10. The normalized spacial score (nSPS) is 10.8. The van der Waals surface area contributed by atoms with Gasteiger partial charge in [0, 0.05) is 12.5 Å². The second-order valence-corrected chi connectivity index (χ2v) is 3.91. The SMILES string of the molecule is CCCNc1nc(C(C)C)nc(C)c1F. The molecule has 0 radical (unpaired) electrons. The van der Waals surface area contributed by atoms with Crippen LogP contribution in [-0.2, 0) is 0 Å². The van der Waals surface area contributed by atoms with Crippen LogP contribution in [0.25, 0.3) is 0 Å². The van der Waals surface area contributed by atoms with Gasteiger partial charge in [0.1, 0.15) is 5.82 Å². The molecule has 0 aromatic carbocycles. The average Bonchev–Trinajstić information content (AvgIpc) is 2.19. The van der Waals surface area contributed by atoms with E-state index in [1.165, 1.54) is 0 Å². The number of aromatic nitrogens is 2. The van der Waals surface area contributed by atoms with Gasteiger partial charge in [0.15, 0.2) is 11.6 Å². The average molecular weight is 211 g/mol. The van der Waals surface area contributed by atoms with E-state index in [0.717, 1.165) is 13.0 Å². The number of aryl methyl sites for hydroxylation is 1. The molecular weight excluding hydrogens is 193 g/mol. The van der Waals surface area contributed by atoms with Crippen LogP contribution in [0.4, 0.5) is 10.2 Å². The van der Waals surface area contributed by atoms with E-state index < -0.39 is 0 Å². The van der Waals surface area contributed by atoms with Gasteiger partial charge in [-0.25, -0.2) is 14.4 Å². The van der Waals surface area contributed by atoms with Crippen molar-refractivity contribution < 1.29 is 4.39 Å². The largest absolute Gasteiger partial charge is 0.368 e. The first-order chi connectivity index (χ1) is 7.06. The summed E-state index contributed by atoms with van der Waals surface area (Å²) in [5, 5.41) is 2.97. The third kappa shape index (κ3) is 2.88. The van der Waals surface area contributed by atoms with Crippen molar-refractivity contribution >= 4 is 5.82 Å². The molecule has 0 spiro atoms. The van der Waals surface area contributed by atoms with Gasteiger partial charge in [-0.2, -0.15) is 0 Å². The Morgan fingerprint density at radius 3 is 2.53 bits per heavy atom. The van der Waals surface area contributed by atoms with Crippen molar-refractivity contribution in [2.75, 3.05) is 11.9 Å². The Morgan fingerprint density at radius 1 is 1.33 bits per heavy atom. The van der Waals surface area contributed by atoms with Crippen LogP contribution in [0.15, 0.2) is 0 Å². The minimum absolute atomic E-state index is 0.214. The number of nitrogens with zero attached hydrogens (tertiary/aromatic N) is 2. The van der Waals surface area contributed by atoms with Crippen molar-refractivity contribution in [3.63, 3.8) is 0 Å². The molecule has 0 amide bonds. The zero-order valence-corrected chi connectivity index (χ0v) is 9.76. The van der Waals surface area contributed by atoms with Gasteiger partial charge in [-0.3, -0.25) is 0 Å². The zero-order chi connectivity index (χ0) is 11.4. The molecule has 0 bridgehead atoms. The van der Waals surface area contributed by atoms with E-state index in [0.29, 0.717) is 17.3 Å². The molecule has 1 aromatic heterocycles. The Bertz CT molecular complexity index is 337. The molecule has 1 N–H and O–H groups in total. The van der Waals surface area contributed by atoms with Gasteiger partial charge < -0.3 is 5.32 Å². The monoisotopic (exact) mass is 211 g/mol. The number of anilines is 1. The van der Waals surface area contributed by atoms with E-state index in [1.807, 2.05) is 20.8 Å². The van der Waals surface area contributed by atoms with E-state index >= 15 is 0 Å². The van der Waals surface area contributed by atoms with Crippen LogP contribution in [0.1, 0.15) is 44.6 Å². The number of hydrogen-bond acceptors (Lipinski definition) is 3. The van der Waals surface area contributed by atoms with Crippen LogP contribution < -0.4 is 5.32 Å². The van der Waals surface area contributed by atoms with E-state index in [9.17, 15) is 4.39 Å². The third-order valence-electron chi connectivity index (χ3n) is 2.09. The predicted molar refractivity (Wildman–Crippen MR) is 59.6 cm³/mol. The van der Waals surface area contributed by atoms with E-state index in [-0.39, 0.29) is 11.7 Å². The van der Waals surface area contributed by atoms with Gasteiger partial charge in [-0.05, 0) is 13.3 Å². The molecule has 0 fully saturated rings. The molecule has 0 atom stereocenters. The predicted octanol–water partition coefficient (Wildman–Crippen LogP) is 2.87. The molecule has 15 heavy (non-hydrogen) atoms. The van der Waals surface area contributed by atoms with Gasteiger partial charge in [0.25, 0.3) is 0 Å². The fraction of sp³-hybridized carbons (Fsp3) is 0.636. The second kappa shape index (κ2) is 5.05. The Kier molecular flexibility index (Phi) is 4.00. The third-order valence-corrected chi connectivity index (χ3v) is 2.09. The van der Waals surface area contributed by atoms with Gasteiger partial charge >= 0.3 is 0 Å². The van der Waals surface area contributed by atoms with E-state index in [2.05, 4.69) is 15.3 Å². The van der Waals surface area contributed by atoms with E-state index in [1.54, 1.807) is 6.92 Å². The number of halogens is 1. The van der Waals surface area contributed by atoms with Crippen molar-refractivity contribution in [1.82, 2.24) is 9.97 Å². The lowest BCUT2D eigenvalue weighted by molar-refractivity contribution is 0.594. The van der Waals surface area contributed by atoms with Crippen molar-refractivity contribution in [2.45, 2.75) is 40.0 Å². The summed E-state index contributed by atoms with van der Waals surface area (Å²) in [4.78, 5) is 8.29. The van der Waals surface area contributed by atoms with Crippen molar-refractivity contribution in [3.8, 4) is 0 Å². The van der Waals surface area contributed by atoms with Gasteiger partial charge in [-0.1, -0.05) is 20.8 Å². The van der Waals surface area contributed by atoms with Crippen LogP contribution in [-0.4, -0.2) is 16.5 Å². The molecule has 0 unspecified atom stereocenters. The highest BCUT2D eigenvalue weighted by Crippen LogP contribution is 2.17. The Morgan fingerprint density at radius 2 is 2.00 bits per heavy atom. The fourth-order valence-electron chi connectivity index (χ4n) is 1.20. The van der Waals surface area contributed by atoms with Crippen molar-refractivity contribution in [3.05, 3.63) is 17.3 Å². The lowest BCUT2D eigenvalue weighted by Crippen LogP contribution is -2.10. The molecule has 3 nitrogen and oxygen atoms in total. The minimum Gasteiger partial charge on any atom is -0.368 e. The summed E-state index contributed by atoms with van der Waals surface area (Å²) in [6, 6.07) is 0. The maximum atomic E-state index is 13.6. The molecule has 1 aromatic rings. The second-order valence-electron chi connectivity index (χ2n) is 3.91. The first kappa shape index (κ1) is 11.9. The first-order valence-corrected chi connectivity index (χ1v) is 5.34. The van der Waals surface area contributed by atoms with Crippen molar-refractivity contribution in [2.24, 2.45) is 0 Å². The Labute approximate surface area is 90.1 Å². The van der Waals surface area contributed by atoms with Crippen LogP contribution in [0.2, 0.25) is 0 Å². The maximum Gasteiger partial charge on any atom is 0.186 e. The minimum atomic E-state index is -0.340. The van der Waals surface area contributed by atoms with Crippen molar-refractivity contribution in [1.29, 1.82) is 0 Å². The first-order valence-electron chi connectivity index (χ1n) is 5.34. The molecule has 1 heterocycles. The Hall–Kier alpha value is -1.19. The summed E-state index contributed by atoms with van der Waals surface area (Å²) >= 11 is 0. The van der Waals surface area contributed by atoms with Gasteiger partial charge in [0.05, 0.1) is 5.69 Å². The highest BCUT2D eigenvalue weighted by atomic mass is 19.1. The summed E-state index contributed by atoms with van der Waals surface area (Å²) < 4.78 is 13.6. The molecule has 0 saturated heterocycles. The quantitative estimate of drug-likeness (QED) is 0.832. The lowest BCUT2D eigenvalue weighted by atomic mass is 10.2. The molecule has 0 aliphatic heterocycles. The highest BCUT2D eigenvalue weighted by molar-refractivity contribution is 5.38. The summed E-state index contributed by atoms with van der Waals surface area (Å²) in [5.41, 5.74) is 0.410. The number of rotatable bonds is 4. The number of nitrogens with one attached hydrogen (secondary N) is 1. The molecule has 0 aliphatic carbocycles. The van der Waals surface area contributed by atoms with Gasteiger partial charge in [0.2, 0.25) is 0 Å². The standard InChI is InChI=1S/C11H18FN3/c1-5-6-13-11-9(12)8(4)14-10(15-11)7(2)3/h7H,5-6H2,1-4H3,(H,13,14,15). The van der Waals surface area contributed by atoms with Crippen LogP contribution in [0.3, 0.4) is 0 Å². The topological polar surface area (TPSA) is 37.8 Å². The molecule has 0 saturated carbocycles. The summed E-state index contributed by atoms with van der Waals surface area (Å²) in [6.07, 6.45) is 0.944. The fourth-order valence-corrected chi connectivity index (χ4v) is 1.20. The summed E-state index contributed by atoms with van der Waals surface area (Å²) in [7, 11) is 0. The summed E-state index contributed by atoms with van der Waals surface area (Å²) in [5.74, 6) is 0.889. The highest BCUT2D eigenvalue weighted by Gasteiger charge is 2.12. The molecule has 0 aliphatic rings. The Balaban J connectivity index is 3.02. The summed E-state index contributed by atoms with van der Waals surface area (Å²) in [6.45, 7) is 8.42. The maximum absolute atomic E-state index is 13.6. The molecule has 84 valence electrons. The zero-order valence-electron chi connectivity index (χ0n) is 9.76. The molecule has 1 rings (SSSR count). The van der Waals surface area contributed by atoms with Crippen LogP contribution in [0, 0.1) is 12.7 Å².